The van der Waals surface area contributed by atoms with Crippen molar-refractivity contribution in [2.75, 3.05) is 37.9 Å². The van der Waals surface area contributed by atoms with E-state index in [1.807, 2.05) is 13.0 Å². The van der Waals surface area contributed by atoms with Gasteiger partial charge in [-0.05, 0) is 18.6 Å². The average molecular weight is 225 g/mol. The van der Waals surface area contributed by atoms with Gasteiger partial charge in [0.05, 0.1) is 18.9 Å². The van der Waals surface area contributed by atoms with Crippen molar-refractivity contribution in [2.45, 2.75) is 13.3 Å². The van der Waals surface area contributed by atoms with E-state index in [-0.39, 0.29) is 0 Å². The molecule has 5 nitrogen and oxygen atoms in total. The lowest BCUT2D eigenvalue weighted by molar-refractivity contribution is 0.210. The Kier molecular flexibility index (Phi) is 5.42. The lowest BCUT2D eigenvalue weighted by Crippen LogP contribution is -2.10. The van der Waals surface area contributed by atoms with Crippen molar-refractivity contribution in [3.8, 4) is 5.88 Å². The van der Waals surface area contributed by atoms with Crippen LogP contribution in [0.2, 0.25) is 0 Å². The van der Waals surface area contributed by atoms with Gasteiger partial charge in [0, 0.05) is 13.7 Å². The minimum atomic E-state index is 0.490. The first-order valence-electron chi connectivity index (χ1n) is 5.40. The molecule has 0 aliphatic rings. The number of nitrogens with two attached hydrogens (primary N) is 1. The summed E-state index contributed by atoms with van der Waals surface area (Å²) in [6.45, 7) is 4.01. The summed E-state index contributed by atoms with van der Waals surface area (Å²) in [7, 11) is 1.66. The average Bonchev–Trinajstić information content (AvgIpc) is 2.30. The first-order chi connectivity index (χ1) is 7.77. The summed E-state index contributed by atoms with van der Waals surface area (Å²) in [5.74, 6) is 1.24. The first-order valence-corrected chi connectivity index (χ1v) is 5.40. The van der Waals surface area contributed by atoms with E-state index in [1.54, 1.807) is 13.2 Å². The molecule has 16 heavy (non-hydrogen) atoms. The van der Waals surface area contributed by atoms with E-state index in [9.17, 15) is 0 Å². The van der Waals surface area contributed by atoms with Crippen LogP contribution >= 0.6 is 0 Å². The maximum Gasteiger partial charge on any atom is 0.239 e. The van der Waals surface area contributed by atoms with Gasteiger partial charge in [0.25, 0.3) is 0 Å². The fraction of sp³-hybridized carbons (Fsp3) is 0.545. The predicted molar refractivity (Wildman–Crippen MR) is 64.8 cm³/mol. The number of rotatable bonds is 7. The van der Waals surface area contributed by atoms with Crippen LogP contribution in [0.3, 0.4) is 0 Å². The molecule has 90 valence electrons. The summed E-state index contributed by atoms with van der Waals surface area (Å²) in [5.41, 5.74) is 6.31. The lowest BCUT2D eigenvalue weighted by Gasteiger charge is -2.09. The molecule has 1 aromatic rings. The van der Waals surface area contributed by atoms with E-state index in [0.717, 1.165) is 12.2 Å². The fourth-order valence-corrected chi connectivity index (χ4v) is 1.15. The molecule has 1 rings (SSSR count). The van der Waals surface area contributed by atoms with E-state index in [1.165, 1.54) is 0 Å². The third-order valence-corrected chi connectivity index (χ3v) is 1.94. The molecule has 0 fully saturated rings. The second-order valence-corrected chi connectivity index (χ2v) is 3.36. The van der Waals surface area contributed by atoms with Crippen LogP contribution in [0, 0.1) is 0 Å². The van der Waals surface area contributed by atoms with Crippen LogP contribution in [0.5, 0.6) is 5.88 Å². The Hall–Kier alpha value is -1.49. The van der Waals surface area contributed by atoms with Crippen LogP contribution in [0.25, 0.3) is 0 Å². The molecule has 0 aliphatic carbocycles. The molecule has 0 amide bonds. The minimum Gasteiger partial charge on any atom is -0.476 e. The van der Waals surface area contributed by atoms with Gasteiger partial charge in [-0.1, -0.05) is 6.92 Å². The lowest BCUT2D eigenvalue weighted by atomic mass is 10.4. The van der Waals surface area contributed by atoms with Gasteiger partial charge < -0.3 is 20.5 Å². The zero-order valence-electron chi connectivity index (χ0n) is 9.82. The molecule has 0 atom stereocenters. The highest BCUT2D eigenvalue weighted by Crippen LogP contribution is 2.20. The van der Waals surface area contributed by atoms with Gasteiger partial charge in [-0.25, -0.2) is 0 Å². The summed E-state index contributed by atoms with van der Waals surface area (Å²) >= 11 is 0. The fourth-order valence-electron chi connectivity index (χ4n) is 1.15. The molecule has 0 spiro atoms. The van der Waals surface area contributed by atoms with Gasteiger partial charge in [0.1, 0.15) is 5.82 Å². The SMILES string of the molecule is CCCOc1nc(NCCOC)ccc1N. The molecular formula is C11H19N3O2. The van der Waals surface area contributed by atoms with Crippen molar-refractivity contribution in [1.82, 2.24) is 4.98 Å². The molecular weight excluding hydrogens is 206 g/mol. The number of nitrogens with one attached hydrogen (secondary N) is 1. The molecule has 0 aromatic carbocycles. The van der Waals surface area contributed by atoms with E-state index in [4.69, 9.17) is 15.2 Å². The molecule has 1 aromatic heterocycles. The van der Waals surface area contributed by atoms with Gasteiger partial charge in [-0.2, -0.15) is 4.98 Å². The Labute approximate surface area is 96.0 Å². The molecule has 0 saturated heterocycles. The van der Waals surface area contributed by atoms with Crippen LogP contribution in [-0.2, 0) is 4.74 Å². The highest BCUT2D eigenvalue weighted by atomic mass is 16.5. The smallest absolute Gasteiger partial charge is 0.239 e. The quantitative estimate of drug-likeness (QED) is 0.688. The topological polar surface area (TPSA) is 69.4 Å². The van der Waals surface area contributed by atoms with Crippen molar-refractivity contribution in [3.05, 3.63) is 12.1 Å². The number of nitrogen functional groups attached to an aromatic ring is 1. The van der Waals surface area contributed by atoms with Crippen molar-refractivity contribution >= 4 is 11.5 Å². The monoisotopic (exact) mass is 225 g/mol. The zero-order valence-corrected chi connectivity index (χ0v) is 9.82. The molecule has 0 saturated carbocycles. The maximum absolute atomic E-state index is 5.75. The number of hydrogen-bond acceptors (Lipinski definition) is 5. The molecule has 0 radical (unpaired) electrons. The summed E-state index contributed by atoms with van der Waals surface area (Å²) in [6.07, 6.45) is 0.933. The maximum atomic E-state index is 5.75. The number of anilines is 2. The zero-order chi connectivity index (χ0) is 11.8. The molecule has 1 heterocycles. The predicted octanol–water partition coefficient (Wildman–Crippen LogP) is 1.51. The van der Waals surface area contributed by atoms with Crippen LogP contribution in [0.1, 0.15) is 13.3 Å². The summed E-state index contributed by atoms with van der Waals surface area (Å²) in [4.78, 5) is 4.27. The van der Waals surface area contributed by atoms with Gasteiger partial charge >= 0.3 is 0 Å². The van der Waals surface area contributed by atoms with Gasteiger partial charge in [-0.3, -0.25) is 0 Å². The summed E-state index contributed by atoms with van der Waals surface area (Å²) in [5, 5.41) is 3.12. The van der Waals surface area contributed by atoms with Crippen molar-refractivity contribution in [2.24, 2.45) is 0 Å². The van der Waals surface area contributed by atoms with E-state index in [2.05, 4.69) is 10.3 Å². The van der Waals surface area contributed by atoms with E-state index >= 15 is 0 Å². The van der Waals surface area contributed by atoms with Crippen molar-refractivity contribution < 1.29 is 9.47 Å². The Balaban J connectivity index is 2.58. The second kappa shape index (κ2) is 6.90. The Morgan fingerprint density at radius 1 is 1.38 bits per heavy atom. The van der Waals surface area contributed by atoms with Crippen LogP contribution < -0.4 is 15.8 Å². The summed E-state index contributed by atoms with van der Waals surface area (Å²) in [6, 6.07) is 3.61. The molecule has 0 bridgehead atoms. The highest BCUT2D eigenvalue weighted by Gasteiger charge is 2.03. The standard InChI is InChI=1S/C11H19N3O2/c1-3-7-16-11-9(12)4-5-10(14-11)13-6-8-15-2/h4-5H,3,6-8,12H2,1-2H3,(H,13,14). The minimum absolute atomic E-state index is 0.490. The molecule has 0 aliphatic heterocycles. The van der Waals surface area contributed by atoms with Crippen molar-refractivity contribution in [3.63, 3.8) is 0 Å². The van der Waals surface area contributed by atoms with E-state index in [0.29, 0.717) is 31.3 Å². The number of nitrogens with zero attached hydrogens (tertiary/aromatic N) is 1. The number of methoxy groups -OCH3 is 1. The number of aromatic nitrogens is 1. The van der Waals surface area contributed by atoms with Crippen molar-refractivity contribution in [1.29, 1.82) is 0 Å². The van der Waals surface area contributed by atoms with Crippen LogP contribution in [0.15, 0.2) is 12.1 Å². The third kappa shape index (κ3) is 3.94. The largest absolute Gasteiger partial charge is 0.476 e. The highest BCUT2D eigenvalue weighted by molar-refractivity contribution is 5.53. The Bertz CT molecular complexity index is 318. The van der Waals surface area contributed by atoms with Crippen LogP contribution in [0.4, 0.5) is 11.5 Å². The number of pyridine rings is 1. The number of ether oxygens (including phenoxy) is 2. The van der Waals surface area contributed by atoms with E-state index < -0.39 is 0 Å². The second-order valence-electron chi connectivity index (χ2n) is 3.36. The van der Waals surface area contributed by atoms with Gasteiger partial charge in [0.2, 0.25) is 5.88 Å². The molecule has 3 N–H and O–H groups in total. The van der Waals surface area contributed by atoms with Gasteiger partial charge in [0.15, 0.2) is 0 Å². The molecule has 0 unspecified atom stereocenters. The number of hydrogen-bond donors (Lipinski definition) is 2. The summed E-state index contributed by atoms with van der Waals surface area (Å²) < 4.78 is 10.4. The third-order valence-electron chi connectivity index (χ3n) is 1.94. The Morgan fingerprint density at radius 2 is 2.19 bits per heavy atom. The normalized spacial score (nSPS) is 10.1. The first kappa shape index (κ1) is 12.6. The Morgan fingerprint density at radius 3 is 2.88 bits per heavy atom. The van der Waals surface area contributed by atoms with Crippen LogP contribution in [-0.4, -0.2) is 31.9 Å². The van der Waals surface area contributed by atoms with Gasteiger partial charge in [-0.15, -0.1) is 0 Å². The molecule has 5 heteroatoms.